The number of nitrogens with two attached hydrogens (primary N) is 1. The lowest BCUT2D eigenvalue weighted by Gasteiger charge is -2.04. The SMILES string of the molecule is Cn1c(Cc2ccc3ccccc3c2)nnc1S(N)(=O)=O. The largest absolute Gasteiger partial charge is 0.304 e. The standard InChI is InChI=1S/C14H14N4O2S/c1-18-13(16-17-14(18)21(15,19)20)9-10-6-7-11-4-2-3-5-12(11)8-10/h2-8H,9H2,1H3,(H2,15,19,20). The van der Waals surface area contributed by atoms with Gasteiger partial charge in [0, 0.05) is 13.5 Å². The van der Waals surface area contributed by atoms with E-state index in [1.807, 2.05) is 36.4 Å². The van der Waals surface area contributed by atoms with Crippen molar-refractivity contribution < 1.29 is 8.42 Å². The van der Waals surface area contributed by atoms with E-state index in [0.717, 1.165) is 16.3 Å². The van der Waals surface area contributed by atoms with Crippen molar-refractivity contribution in [2.75, 3.05) is 0 Å². The van der Waals surface area contributed by atoms with Crippen LogP contribution in [0, 0.1) is 0 Å². The Hall–Kier alpha value is -2.25. The summed E-state index contributed by atoms with van der Waals surface area (Å²) in [4.78, 5) is 0. The van der Waals surface area contributed by atoms with E-state index in [2.05, 4.69) is 16.3 Å². The summed E-state index contributed by atoms with van der Waals surface area (Å²) in [6.45, 7) is 0. The highest BCUT2D eigenvalue weighted by Gasteiger charge is 2.18. The summed E-state index contributed by atoms with van der Waals surface area (Å²) in [7, 11) is -2.26. The number of aromatic nitrogens is 3. The zero-order valence-electron chi connectivity index (χ0n) is 11.4. The molecule has 0 aliphatic rings. The Bertz CT molecular complexity index is 916. The van der Waals surface area contributed by atoms with Gasteiger partial charge in [0.25, 0.3) is 15.2 Å². The highest BCUT2D eigenvalue weighted by molar-refractivity contribution is 7.89. The zero-order valence-corrected chi connectivity index (χ0v) is 12.2. The minimum atomic E-state index is -3.85. The van der Waals surface area contributed by atoms with Gasteiger partial charge in [0.05, 0.1) is 0 Å². The quantitative estimate of drug-likeness (QED) is 0.787. The summed E-state index contributed by atoms with van der Waals surface area (Å²) in [5.74, 6) is 0.550. The van der Waals surface area contributed by atoms with Gasteiger partial charge in [-0.05, 0) is 16.3 Å². The van der Waals surface area contributed by atoms with Crippen molar-refractivity contribution in [1.82, 2.24) is 14.8 Å². The van der Waals surface area contributed by atoms with Crippen molar-refractivity contribution in [3.63, 3.8) is 0 Å². The summed E-state index contributed by atoms with van der Waals surface area (Å²) < 4.78 is 24.1. The smallest absolute Gasteiger partial charge is 0.273 e. The maximum Gasteiger partial charge on any atom is 0.273 e. The predicted molar refractivity (Wildman–Crippen MR) is 79.1 cm³/mol. The molecule has 6 nitrogen and oxygen atoms in total. The fourth-order valence-electron chi connectivity index (χ4n) is 2.28. The van der Waals surface area contributed by atoms with Gasteiger partial charge < -0.3 is 4.57 Å². The topological polar surface area (TPSA) is 90.9 Å². The second-order valence-corrected chi connectivity index (χ2v) is 6.32. The number of hydrogen-bond acceptors (Lipinski definition) is 4. The van der Waals surface area contributed by atoms with Crippen molar-refractivity contribution in [1.29, 1.82) is 0 Å². The minimum Gasteiger partial charge on any atom is -0.304 e. The van der Waals surface area contributed by atoms with E-state index in [-0.39, 0.29) is 5.16 Å². The third kappa shape index (κ3) is 2.65. The second-order valence-electron chi connectivity index (χ2n) is 4.86. The van der Waals surface area contributed by atoms with Crippen molar-refractivity contribution in [2.24, 2.45) is 12.2 Å². The number of nitrogens with zero attached hydrogens (tertiary/aromatic N) is 3. The average molecular weight is 302 g/mol. The van der Waals surface area contributed by atoms with E-state index in [9.17, 15) is 8.42 Å². The van der Waals surface area contributed by atoms with E-state index in [1.54, 1.807) is 7.05 Å². The number of hydrogen-bond donors (Lipinski definition) is 1. The molecule has 0 unspecified atom stereocenters. The van der Waals surface area contributed by atoms with Gasteiger partial charge in [-0.2, -0.15) is 0 Å². The maximum absolute atomic E-state index is 11.3. The van der Waals surface area contributed by atoms with Crippen molar-refractivity contribution in [3.8, 4) is 0 Å². The lowest BCUT2D eigenvalue weighted by atomic mass is 10.1. The fraction of sp³-hybridized carbons (Fsp3) is 0.143. The molecule has 0 radical (unpaired) electrons. The predicted octanol–water partition coefficient (Wildman–Crippen LogP) is 1.21. The third-order valence-electron chi connectivity index (χ3n) is 3.36. The molecule has 3 rings (SSSR count). The van der Waals surface area contributed by atoms with Crippen LogP contribution in [0.3, 0.4) is 0 Å². The molecule has 0 aliphatic heterocycles. The first-order chi connectivity index (χ1) is 9.95. The Kier molecular flexibility index (Phi) is 3.23. The first kappa shape index (κ1) is 13.7. The molecule has 1 aromatic heterocycles. The fourth-order valence-corrected chi connectivity index (χ4v) is 2.92. The van der Waals surface area contributed by atoms with E-state index in [0.29, 0.717) is 12.2 Å². The van der Waals surface area contributed by atoms with Crippen LogP contribution in [0.5, 0.6) is 0 Å². The molecule has 0 atom stereocenters. The van der Waals surface area contributed by atoms with Crippen LogP contribution in [0.15, 0.2) is 47.6 Å². The molecule has 0 amide bonds. The van der Waals surface area contributed by atoms with Crippen molar-refractivity contribution >= 4 is 20.8 Å². The molecule has 0 spiro atoms. The molecule has 0 bridgehead atoms. The highest BCUT2D eigenvalue weighted by Crippen LogP contribution is 2.18. The van der Waals surface area contributed by atoms with Crippen LogP contribution in [0.2, 0.25) is 0 Å². The average Bonchev–Trinajstić information content (AvgIpc) is 2.80. The highest BCUT2D eigenvalue weighted by atomic mass is 32.2. The number of primary sulfonamides is 1. The van der Waals surface area contributed by atoms with Crippen LogP contribution in [0.1, 0.15) is 11.4 Å². The van der Waals surface area contributed by atoms with Crippen LogP contribution < -0.4 is 5.14 Å². The summed E-state index contributed by atoms with van der Waals surface area (Å²) in [5.41, 5.74) is 1.03. The zero-order chi connectivity index (χ0) is 15.0. The second kappa shape index (κ2) is 4.94. The Labute approximate surface area is 122 Å². The Morgan fingerprint density at radius 2 is 1.81 bits per heavy atom. The summed E-state index contributed by atoms with van der Waals surface area (Å²) in [5, 5.41) is 14.7. The van der Waals surface area contributed by atoms with Gasteiger partial charge in [-0.3, -0.25) is 0 Å². The van der Waals surface area contributed by atoms with Gasteiger partial charge in [0.1, 0.15) is 5.82 Å². The molecule has 0 aliphatic carbocycles. The molecule has 1 heterocycles. The van der Waals surface area contributed by atoms with E-state index >= 15 is 0 Å². The van der Waals surface area contributed by atoms with Crippen LogP contribution in [0.25, 0.3) is 10.8 Å². The van der Waals surface area contributed by atoms with Gasteiger partial charge in [-0.15, -0.1) is 10.2 Å². The number of rotatable bonds is 3. The van der Waals surface area contributed by atoms with Crippen LogP contribution in [0.4, 0.5) is 0 Å². The number of fused-ring (bicyclic) bond motifs is 1. The third-order valence-corrected chi connectivity index (χ3v) is 4.22. The van der Waals surface area contributed by atoms with E-state index < -0.39 is 10.0 Å². The molecule has 108 valence electrons. The summed E-state index contributed by atoms with van der Waals surface area (Å²) in [6.07, 6.45) is 0.490. The molecule has 0 saturated carbocycles. The monoisotopic (exact) mass is 302 g/mol. The van der Waals surface area contributed by atoms with Crippen LogP contribution >= 0.6 is 0 Å². The molecular formula is C14H14N4O2S. The Morgan fingerprint density at radius 1 is 1.10 bits per heavy atom. The van der Waals surface area contributed by atoms with Crippen LogP contribution in [-0.2, 0) is 23.5 Å². The van der Waals surface area contributed by atoms with Crippen molar-refractivity contribution in [2.45, 2.75) is 11.6 Å². The van der Waals surface area contributed by atoms with Gasteiger partial charge in [-0.1, -0.05) is 42.5 Å². The maximum atomic E-state index is 11.3. The lowest BCUT2D eigenvalue weighted by Crippen LogP contribution is -2.17. The van der Waals surface area contributed by atoms with Crippen LogP contribution in [-0.4, -0.2) is 23.2 Å². The van der Waals surface area contributed by atoms with E-state index in [4.69, 9.17) is 5.14 Å². The Morgan fingerprint density at radius 3 is 2.48 bits per heavy atom. The molecule has 3 aromatic rings. The number of benzene rings is 2. The summed E-state index contributed by atoms with van der Waals surface area (Å²) in [6, 6.07) is 14.1. The first-order valence-corrected chi connectivity index (χ1v) is 7.88. The molecule has 21 heavy (non-hydrogen) atoms. The molecule has 7 heteroatoms. The minimum absolute atomic E-state index is 0.224. The van der Waals surface area contributed by atoms with Crippen molar-refractivity contribution in [3.05, 3.63) is 53.9 Å². The molecule has 2 N–H and O–H groups in total. The number of sulfonamides is 1. The Balaban J connectivity index is 1.97. The van der Waals surface area contributed by atoms with Gasteiger partial charge in [0.2, 0.25) is 0 Å². The molecule has 0 saturated heterocycles. The molecule has 0 fully saturated rings. The molecular weight excluding hydrogens is 288 g/mol. The lowest BCUT2D eigenvalue weighted by molar-refractivity contribution is 0.578. The normalized spacial score (nSPS) is 11.9. The summed E-state index contributed by atoms with van der Waals surface area (Å²) >= 11 is 0. The van der Waals surface area contributed by atoms with E-state index in [1.165, 1.54) is 4.57 Å². The first-order valence-electron chi connectivity index (χ1n) is 6.34. The van der Waals surface area contributed by atoms with Gasteiger partial charge >= 0.3 is 0 Å². The van der Waals surface area contributed by atoms with Gasteiger partial charge in [0.15, 0.2) is 0 Å². The molecule has 2 aromatic carbocycles. The van der Waals surface area contributed by atoms with Gasteiger partial charge in [-0.25, -0.2) is 13.6 Å².